The molecule has 4 unspecified atom stereocenters. The highest BCUT2D eigenvalue weighted by molar-refractivity contribution is 7.86. The monoisotopic (exact) mass is 304 g/mol. The summed E-state index contributed by atoms with van der Waals surface area (Å²) in [5.41, 5.74) is 0. The normalized spacial score (nSPS) is 28.4. The van der Waals surface area contributed by atoms with Gasteiger partial charge in [0, 0.05) is 0 Å². The topological polar surface area (TPSA) is 113 Å². The maximum absolute atomic E-state index is 11.8. The van der Waals surface area contributed by atoms with E-state index in [0.717, 1.165) is 0 Å². The zero-order valence-electron chi connectivity index (χ0n) is 10.5. The van der Waals surface area contributed by atoms with Crippen LogP contribution in [0.15, 0.2) is 35.2 Å². The van der Waals surface area contributed by atoms with Gasteiger partial charge >= 0.3 is 0 Å². The highest BCUT2D eigenvalue weighted by Gasteiger charge is 2.39. The summed E-state index contributed by atoms with van der Waals surface area (Å²) < 4.78 is 33.3. The van der Waals surface area contributed by atoms with Crippen LogP contribution < -0.4 is 0 Å². The van der Waals surface area contributed by atoms with Crippen molar-refractivity contribution in [1.29, 1.82) is 0 Å². The molecule has 1 aliphatic heterocycles. The van der Waals surface area contributed by atoms with Crippen molar-refractivity contribution < 1.29 is 32.7 Å². The highest BCUT2D eigenvalue weighted by atomic mass is 32.2. The smallest absolute Gasteiger partial charge is 0.297 e. The van der Waals surface area contributed by atoms with Crippen molar-refractivity contribution >= 4 is 10.1 Å². The van der Waals surface area contributed by atoms with Gasteiger partial charge in [-0.05, 0) is 12.1 Å². The van der Waals surface area contributed by atoms with E-state index in [1.165, 1.54) is 12.1 Å². The Labute approximate surface area is 116 Å². The standard InChI is InChI=1S/C12H16O7S/c13-9-6-18-12(11(9)15)10(14)7-19-20(16,17)8-4-2-1-3-5-8/h1-5,9-15H,6-7H2. The third-order valence-corrected chi connectivity index (χ3v) is 4.29. The first kappa shape index (κ1) is 15.4. The van der Waals surface area contributed by atoms with Crippen LogP contribution in [0.25, 0.3) is 0 Å². The van der Waals surface area contributed by atoms with Gasteiger partial charge in [-0.2, -0.15) is 8.42 Å². The molecule has 0 saturated carbocycles. The van der Waals surface area contributed by atoms with Crippen molar-refractivity contribution in [2.24, 2.45) is 0 Å². The molecule has 8 heteroatoms. The molecule has 1 aromatic rings. The molecular formula is C12H16O7S. The SMILES string of the molecule is O=S(=O)(OCC(O)C1OCC(O)C1O)c1ccccc1. The van der Waals surface area contributed by atoms with Crippen LogP contribution in [-0.2, 0) is 19.0 Å². The van der Waals surface area contributed by atoms with Crippen molar-refractivity contribution in [2.75, 3.05) is 13.2 Å². The van der Waals surface area contributed by atoms with Gasteiger partial charge in [-0.1, -0.05) is 18.2 Å². The second kappa shape index (κ2) is 6.17. The largest absolute Gasteiger partial charge is 0.388 e. The predicted molar refractivity (Wildman–Crippen MR) is 67.3 cm³/mol. The molecule has 7 nitrogen and oxygen atoms in total. The van der Waals surface area contributed by atoms with E-state index in [0.29, 0.717) is 0 Å². The van der Waals surface area contributed by atoms with E-state index in [1.54, 1.807) is 18.2 Å². The van der Waals surface area contributed by atoms with Crippen LogP contribution in [0.4, 0.5) is 0 Å². The van der Waals surface area contributed by atoms with E-state index in [-0.39, 0.29) is 11.5 Å². The Kier molecular flexibility index (Phi) is 4.74. The van der Waals surface area contributed by atoms with Gasteiger partial charge in [0.15, 0.2) is 0 Å². The Hall–Kier alpha value is -1.03. The summed E-state index contributed by atoms with van der Waals surface area (Å²) in [4.78, 5) is -0.0277. The molecular weight excluding hydrogens is 288 g/mol. The van der Waals surface area contributed by atoms with E-state index in [4.69, 9.17) is 8.92 Å². The lowest BCUT2D eigenvalue weighted by atomic mass is 10.1. The van der Waals surface area contributed by atoms with Crippen LogP contribution in [0.5, 0.6) is 0 Å². The number of benzene rings is 1. The Bertz CT molecular complexity index is 530. The molecule has 2 rings (SSSR count). The van der Waals surface area contributed by atoms with Crippen molar-refractivity contribution in [3.8, 4) is 0 Å². The van der Waals surface area contributed by atoms with Crippen molar-refractivity contribution in [3.05, 3.63) is 30.3 Å². The lowest BCUT2D eigenvalue weighted by molar-refractivity contribution is -0.0641. The molecule has 3 N–H and O–H groups in total. The molecule has 1 saturated heterocycles. The molecule has 1 heterocycles. The Morgan fingerprint density at radius 2 is 1.95 bits per heavy atom. The maximum Gasteiger partial charge on any atom is 0.297 e. The fourth-order valence-electron chi connectivity index (χ4n) is 1.87. The van der Waals surface area contributed by atoms with Crippen LogP contribution in [0.3, 0.4) is 0 Å². The van der Waals surface area contributed by atoms with Crippen molar-refractivity contribution in [3.63, 3.8) is 0 Å². The van der Waals surface area contributed by atoms with Gasteiger partial charge < -0.3 is 20.1 Å². The molecule has 1 aliphatic rings. The molecule has 20 heavy (non-hydrogen) atoms. The fraction of sp³-hybridized carbons (Fsp3) is 0.500. The van der Waals surface area contributed by atoms with E-state index < -0.39 is 41.1 Å². The molecule has 0 aliphatic carbocycles. The Balaban J connectivity index is 1.95. The minimum Gasteiger partial charge on any atom is -0.388 e. The van der Waals surface area contributed by atoms with Crippen LogP contribution in [-0.4, -0.2) is 61.4 Å². The molecule has 4 atom stereocenters. The Morgan fingerprint density at radius 1 is 1.30 bits per heavy atom. The average molecular weight is 304 g/mol. The predicted octanol–water partition coefficient (Wildman–Crippen LogP) is -1.13. The van der Waals surface area contributed by atoms with Crippen LogP contribution in [0, 0.1) is 0 Å². The summed E-state index contributed by atoms with van der Waals surface area (Å²) in [5.74, 6) is 0. The van der Waals surface area contributed by atoms with Gasteiger partial charge in [-0.15, -0.1) is 0 Å². The summed E-state index contributed by atoms with van der Waals surface area (Å²) in [6.45, 7) is -0.681. The van der Waals surface area contributed by atoms with Crippen LogP contribution >= 0.6 is 0 Å². The summed E-state index contributed by atoms with van der Waals surface area (Å²) in [6, 6.07) is 7.50. The van der Waals surface area contributed by atoms with Gasteiger partial charge in [0.1, 0.15) is 24.4 Å². The number of aliphatic hydroxyl groups is 3. The van der Waals surface area contributed by atoms with E-state index >= 15 is 0 Å². The molecule has 0 bridgehead atoms. The number of ether oxygens (including phenoxy) is 1. The Morgan fingerprint density at radius 3 is 2.50 bits per heavy atom. The van der Waals surface area contributed by atoms with Crippen molar-refractivity contribution in [2.45, 2.75) is 29.3 Å². The van der Waals surface area contributed by atoms with Gasteiger partial charge in [0.05, 0.1) is 18.1 Å². The molecule has 0 radical (unpaired) electrons. The molecule has 1 fully saturated rings. The second-order valence-corrected chi connectivity index (χ2v) is 6.09. The second-order valence-electron chi connectivity index (χ2n) is 4.47. The molecule has 1 aromatic carbocycles. The first-order valence-electron chi connectivity index (χ1n) is 6.02. The first-order chi connectivity index (χ1) is 9.42. The third kappa shape index (κ3) is 3.35. The minimum atomic E-state index is -3.98. The minimum absolute atomic E-state index is 0.0277. The molecule has 0 aromatic heterocycles. The van der Waals surface area contributed by atoms with Gasteiger partial charge in [-0.25, -0.2) is 0 Å². The zero-order chi connectivity index (χ0) is 14.8. The summed E-state index contributed by atoms with van der Waals surface area (Å²) in [5, 5.41) is 28.6. The lowest BCUT2D eigenvalue weighted by Crippen LogP contribution is -2.41. The lowest BCUT2D eigenvalue weighted by Gasteiger charge is -2.20. The molecule has 112 valence electrons. The number of rotatable bonds is 5. The van der Waals surface area contributed by atoms with Crippen LogP contribution in [0.1, 0.15) is 0 Å². The van der Waals surface area contributed by atoms with E-state index in [9.17, 15) is 23.7 Å². The zero-order valence-corrected chi connectivity index (χ0v) is 11.3. The number of hydrogen-bond donors (Lipinski definition) is 3. The third-order valence-electron chi connectivity index (χ3n) is 3.00. The maximum atomic E-state index is 11.8. The average Bonchev–Trinajstić information content (AvgIpc) is 2.78. The van der Waals surface area contributed by atoms with Gasteiger partial charge in [0.25, 0.3) is 10.1 Å². The van der Waals surface area contributed by atoms with Gasteiger partial charge in [0.2, 0.25) is 0 Å². The summed E-state index contributed by atoms with van der Waals surface area (Å²) >= 11 is 0. The molecule has 0 amide bonds. The quantitative estimate of drug-likeness (QED) is 0.590. The summed E-state index contributed by atoms with van der Waals surface area (Å²) in [7, 11) is -3.98. The number of aliphatic hydroxyl groups excluding tert-OH is 3. The number of hydrogen-bond acceptors (Lipinski definition) is 7. The van der Waals surface area contributed by atoms with Gasteiger partial charge in [-0.3, -0.25) is 4.18 Å². The summed E-state index contributed by atoms with van der Waals surface area (Å²) in [6.07, 6.45) is -4.80. The fourth-order valence-corrected chi connectivity index (χ4v) is 2.82. The van der Waals surface area contributed by atoms with E-state index in [1.807, 2.05) is 0 Å². The van der Waals surface area contributed by atoms with Crippen molar-refractivity contribution in [1.82, 2.24) is 0 Å². The van der Waals surface area contributed by atoms with E-state index in [2.05, 4.69) is 0 Å². The van der Waals surface area contributed by atoms with Crippen LogP contribution in [0.2, 0.25) is 0 Å². The first-order valence-corrected chi connectivity index (χ1v) is 7.43. The molecule has 0 spiro atoms. The highest BCUT2D eigenvalue weighted by Crippen LogP contribution is 2.19.